The number of carboxylic acids is 1. The highest BCUT2D eigenvalue weighted by atomic mass is 16.6. The van der Waals surface area contributed by atoms with E-state index in [0.717, 1.165) is 0 Å². The summed E-state index contributed by atoms with van der Waals surface area (Å²) in [6.45, 7) is 6.35. The highest BCUT2D eigenvalue weighted by Crippen LogP contribution is 2.07. The first-order valence-corrected chi connectivity index (χ1v) is 5.01. The number of hydrogen-bond acceptors (Lipinski definition) is 4. The molecule has 16 heavy (non-hydrogen) atoms. The number of alkyl carbamates (subject to hydrolysis) is 1. The van der Waals surface area contributed by atoms with Gasteiger partial charge in [0, 0.05) is 6.54 Å². The Labute approximate surface area is 94.6 Å². The fourth-order valence-electron chi connectivity index (χ4n) is 0.843. The number of aliphatic hydroxyl groups excluding tert-OH is 1. The molecule has 0 aromatic rings. The van der Waals surface area contributed by atoms with Gasteiger partial charge in [0.2, 0.25) is 0 Å². The molecule has 6 heteroatoms. The second-order valence-electron chi connectivity index (χ2n) is 4.58. The third kappa shape index (κ3) is 6.23. The molecule has 2 atom stereocenters. The van der Waals surface area contributed by atoms with Gasteiger partial charge >= 0.3 is 12.1 Å². The van der Waals surface area contributed by atoms with Crippen LogP contribution in [0.4, 0.5) is 4.79 Å². The van der Waals surface area contributed by atoms with Gasteiger partial charge in [-0.1, -0.05) is 0 Å². The summed E-state index contributed by atoms with van der Waals surface area (Å²) in [6.07, 6.45) is -1.81. The molecule has 0 aromatic heterocycles. The summed E-state index contributed by atoms with van der Waals surface area (Å²) in [5.74, 6) is -2.05. The molecule has 0 aliphatic rings. The van der Waals surface area contributed by atoms with Crippen LogP contribution in [-0.4, -0.2) is 40.5 Å². The third-order valence-electron chi connectivity index (χ3n) is 1.82. The molecule has 0 saturated heterocycles. The van der Waals surface area contributed by atoms with Crippen LogP contribution >= 0.6 is 0 Å². The molecule has 0 bridgehead atoms. The smallest absolute Gasteiger partial charge is 0.407 e. The van der Waals surface area contributed by atoms with Gasteiger partial charge in [-0.25, -0.2) is 4.79 Å². The minimum Gasteiger partial charge on any atom is -0.481 e. The molecule has 0 radical (unpaired) electrons. The molecule has 6 nitrogen and oxygen atoms in total. The molecule has 0 rings (SSSR count). The number of amides is 1. The maximum atomic E-state index is 11.2. The van der Waals surface area contributed by atoms with Crippen molar-refractivity contribution in [3.63, 3.8) is 0 Å². The summed E-state index contributed by atoms with van der Waals surface area (Å²) in [6, 6.07) is 0. The van der Waals surface area contributed by atoms with Crippen molar-refractivity contribution in [2.75, 3.05) is 6.54 Å². The number of hydrogen-bond donors (Lipinski definition) is 3. The summed E-state index contributed by atoms with van der Waals surface area (Å²) in [5, 5.41) is 20.3. The first kappa shape index (κ1) is 14.7. The van der Waals surface area contributed by atoms with E-state index in [0.29, 0.717) is 0 Å². The van der Waals surface area contributed by atoms with E-state index in [9.17, 15) is 14.7 Å². The van der Waals surface area contributed by atoms with Gasteiger partial charge in [0.25, 0.3) is 0 Å². The molecule has 0 fully saturated rings. The van der Waals surface area contributed by atoms with E-state index in [-0.39, 0.29) is 6.54 Å². The van der Waals surface area contributed by atoms with E-state index in [1.807, 2.05) is 0 Å². The zero-order valence-electron chi connectivity index (χ0n) is 9.98. The highest BCUT2D eigenvalue weighted by molar-refractivity contribution is 5.71. The van der Waals surface area contributed by atoms with Crippen molar-refractivity contribution in [1.82, 2.24) is 5.32 Å². The van der Waals surface area contributed by atoms with Gasteiger partial charge in [-0.3, -0.25) is 4.79 Å². The predicted octanol–water partition coefficient (Wildman–Crippen LogP) is 0.593. The topological polar surface area (TPSA) is 95.9 Å². The lowest BCUT2D eigenvalue weighted by Gasteiger charge is -2.21. The molecule has 0 saturated carbocycles. The van der Waals surface area contributed by atoms with E-state index in [1.54, 1.807) is 20.8 Å². The summed E-state index contributed by atoms with van der Waals surface area (Å²) < 4.78 is 4.92. The Morgan fingerprint density at radius 2 is 1.88 bits per heavy atom. The second kappa shape index (κ2) is 5.69. The van der Waals surface area contributed by atoms with Gasteiger partial charge in [-0.05, 0) is 27.7 Å². The largest absolute Gasteiger partial charge is 0.481 e. The Morgan fingerprint density at radius 3 is 2.25 bits per heavy atom. The van der Waals surface area contributed by atoms with Gasteiger partial charge in [0.05, 0.1) is 12.0 Å². The molecule has 0 aliphatic carbocycles. The Morgan fingerprint density at radius 1 is 1.38 bits per heavy atom. The van der Waals surface area contributed by atoms with Crippen LogP contribution in [0.15, 0.2) is 0 Å². The molecule has 0 spiro atoms. The average Bonchev–Trinajstić information content (AvgIpc) is 2.09. The number of nitrogens with one attached hydrogen (secondary N) is 1. The van der Waals surface area contributed by atoms with Crippen molar-refractivity contribution in [2.24, 2.45) is 5.92 Å². The molecule has 0 unspecified atom stereocenters. The van der Waals surface area contributed by atoms with Crippen LogP contribution in [0.3, 0.4) is 0 Å². The molecule has 1 amide bonds. The monoisotopic (exact) mass is 233 g/mol. The number of rotatable bonds is 4. The van der Waals surface area contributed by atoms with Crippen LogP contribution in [-0.2, 0) is 9.53 Å². The Balaban J connectivity index is 3.97. The summed E-state index contributed by atoms with van der Waals surface area (Å²) in [4.78, 5) is 21.7. The number of carbonyl (C=O) groups is 2. The quantitative estimate of drug-likeness (QED) is 0.660. The SMILES string of the molecule is C[C@H](C(=O)O)[C@H](O)CNC(=O)OC(C)(C)C. The van der Waals surface area contributed by atoms with Crippen molar-refractivity contribution in [3.05, 3.63) is 0 Å². The van der Waals surface area contributed by atoms with E-state index >= 15 is 0 Å². The van der Waals surface area contributed by atoms with Crippen LogP contribution in [0, 0.1) is 5.92 Å². The molecule has 0 heterocycles. The van der Waals surface area contributed by atoms with Crippen molar-refractivity contribution in [1.29, 1.82) is 0 Å². The number of aliphatic hydroxyl groups is 1. The number of aliphatic carboxylic acids is 1. The predicted molar refractivity (Wildman–Crippen MR) is 57.0 cm³/mol. The minimum atomic E-state index is -1.13. The van der Waals surface area contributed by atoms with Gasteiger partial charge in [0.1, 0.15) is 5.60 Å². The summed E-state index contributed by atoms with van der Waals surface area (Å²) in [7, 11) is 0. The van der Waals surface area contributed by atoms with Gasteiger partial charge < -0.3 is 20.3 Å². The lowest BCUT2D eigenvalue weighted by molar-refractivity contribution is -0.144. The van der Waals surface area contributed by atoms with Crippen molar-refractivity contribution < 1.29 is 24.5 Å². The van der Waals surface area contributed by atoms with Crippen LogP contribution in [0.5, 0.6) is 0 Å². The van der Waals surface area contributed by atoms with Crippen molar-refractivity contribution in [2.45, 2.75) is 39.4 Å². The zero-order chi connectivity index (χ0) is 12.9. The molecular weight excluding hydrogens is 214 g/mol. The number of carboxylic acid groups (broad SMARTS) is 1. The Bertz CT molecular complexity index is 258. The standard InChI is InChI=1S/C10H19NO5/c1-6(8(13)14)7(12)5-11-9(15)16-10(2,3)4/h6-7,12H,5H2,1-4H3,(H,11,15)(H,13,14)/t6-,7+/m0/s1. The highest BCUT2D eigenvalue weighted by Gasteiger charge is 2.23. The van der Waals surface area contributed by atoms with Crippen LogP contribution in [0.1, 0.15) is 27.7 Å². The fourth-order valence-corrected chi connectivity index (χ4v) is 0.843. The Kier molecular flexibility index (Phi) is 5.23. The molecule has 0 aromatic carbocycles. The summed E-state index contributed by atoms with van der Waals surface area (Å²) in [5.41, 5.74) is -0.618. The average molecular weight is 233 g/mol. The Hall–Kier alpha value is -1.30. The molecular formula is C10H19NO5. The zero-order valence-corrected chi connectivity index (χ0v) is 9.98. The van der Waals surface area contributed by atoms with Gasteiger partial charge in [0.15, 0.2) is 0 Å². The van der Waals surface area contributed by atoms with E-state index in [1.165, 1.54) is 6.92 Å². The van der Waals surface area contributed by atoms with Crippen molar-refractivity contribution >= 4 is 12.1 Å². The fraction of sp³-hybridized carbons (Fsp3) is 0.800. The molecule has 3 N–H and O–H groups in total. The lowest BCUT2D eigenvalue weighted by Crippen LogP contribution is -2.40. The lowest BCUT2D eigenvalue weighted by atomic mass is 10.1. The summed E-state index contributed by atoms with van der Waals surface area (Å²) >= 11 is 0. The maximum absolute atomic E-state index is 11.2. The molecule has 94 valence electrons. The number of ether oxygens (including phenoxy) is 1. The minimum absolute atomic E-state index is 0.150. The van der Waals surface area contributed by atoms with Crippen LogP contribution in [0.25, 0.3) is 0 Å². The van der Waals surface area contributed by atoms with E-state index in [2.05, 4.69) is 5.32 Å². The normalized spacial score (nSPS) is 15.1. The van der Waals surface area contributed by atoms with Crippen LogP contribution in [0.2, 0.25) is 0 Å². The van der Waals surface area contributed by atoms with Gasteiger partial charge in [-0.15, -0.1) is 0 Å². The molecule has 0 aliphatic heterocycles. The maximum Gasteiger partial charge on any atom is 0.407 e. The first-order chi connectivity index (χ1) is 7.13. The second-order valence-corrected chi connectivity index (χ2v) is 4.58. The van der Waals surface area contributed by atoms with Crippen molar-refractivity contribution in [3.8, 4) is 0 Å². The number of carbonyl (C=O) groups excluding carboxylic acids is 1. The third-order valence-corrected chi connectivity index (χ3v) is 1.82. The van der Waals surface area contributed by atoms with Gasteiger partial charge in [-0.2, -0.15) is 0 Å². The van der Waals surface area contributed by atoms with E-state index in [4.69, 9.17) is 9.84 Å². The first-order valence-electron chi connectivity index (χ1n) is 5.01. The van der Waals surface area contributed by atoms with Crippen LogP contribution < -0.4 is 5.32 Å². The van der Waals surface area contributed by atoms with E-state index < -0.39 is 29.7 Å².